The highest BCUT2D eigenvalue weighted by Crippen LogP contribution is 2.31. The Labute approximate surface area is 113 Å². The first-order chi connectivity index (χ1) is 9.06. The van der Waals surface area contributed by atoms with Gasteiger partial charge in [0.1, 0.15) is 5.82 Å². The molecule has 1 N–H and O–H groups in total. The lowest BCUT2D eigenvalue weighted by Gasteiger charge is -2.20. The largest absolute Gasteiger partial charge is 0.481 e. The molecule has 104 valence electrons. The van der Waals surface area contributed by atoms with Crippen LogP contribution in [-0.4, -0.2) is 35.1 Å². The molecule has 0 amide bonds. The highest BCUT2D eigenvalue weighted by atomic mass is 19.1. The van der Waals surface area contributed by atoms with Crippen LogP contribution in [0.1, 0.15) is 37.7 Å². The summed E-state index contributed by atoms with van der Waals surface area (Å²) in [5.74, 6) is -0.504. The van der Waals surface area contributed by atoms with Gasteiger partial charge < -0.3 is 10.0 Å². The number of carbonyl (C=O) groups is 1. The van der Waals surface area contributed by atoms with Gasteiger partial charge in [-0.15, -0.1) is 0 Å². The molecule has 2 atom stereocenters. The van der Waals surface area contributed by atoms with E-state index in [1.165, 1.54) is 17.7 Å². The molecule has 19 heavy (non-hydrogen) atoms. The molecule has 0 aromatic heterocycles. The van der Waals surface area contributed by atoms with Crippen LogP contribution in [0, 0.1) is 5.82 Å². The fourth-order valence-electron chi connectivity index (χ4n) is 2.82. The Morgan fingerprint density at radius 2 is 2.11 bits per heavy atom. The van der Waals surface area contributed by atoms with Crippen molar-refractivity contribution in [3.05, 3.63) is 35.6 Å². The van der Waals surface area contributed by atoms with E-state index in [1.807, 2.05) is 12.1 Å². The predicted molar refractivity (Wildman–Crippen MR) is 71.7 cm³/mol. The third kappa shape index (κ3) is 3.77. The van der Waals surface area contributed by atoms with Crippen LogP contribution in [0.25, 0.3) is 0 Å². The first kappa shape index (κ1) is 14.0. The zero-order valence-corrected chi connectivity index (χ0v) is 11.2. The Morgan fingerprint density at radius 1 is 1.42 bits per heavy atom. The first-order valence-electron chi connectivity index (χ1n) is 6.77. The molecular weight excluding hydrogens is 245 g/mol. The third-order valence-electron chi connectivity index (χ3n) is 3.88. The zero-order chi connectivity index (χ0) is 13.8. The van der Waals surface area contributed by atoms with Gasteiger partial charge in [0.15, 0.2) is 0 Å². The van der Waals surface area contributed by atoms with E-state index in [4.69, 9.17) is 5.11 Å². The van der Waals surface area contributed by atoms with Crippen LogP contribution in [0.5, 0.6) is 0 Å². The summed E-state index contributed by atoms with van der Waals surface area (Å²) in [6, 6.07) is 7.19. The Bertz CT molecular complexity index is 432. The number of halogens is 1. The molecule has 1 aliphatic heterocycles. The topological polar surface area (TPSA) is 40.5 Å². The summed E-state index contributed by atoms with van der Waals surface area (Å²) >= 11 is 0. The smallest absolute Gasteiger partial charge is 0.303 e. The molecule has 1 heterocycles. The Balaban J connectivity index is 1.89. The summed E-state index contributed by atoms with van der Waals surface area (Å²) < 4.78 is 12.9. The fourth-order valence-corrected chi connectivity index (χ4v) is 2.82. The first-order valence-corrected chi connectivity index (χ1v) is 6.77. The van der Waals surface area contributed by atoms with Gasteiger partial charge in [0.05, 0.1) is 0 Å². The number of aliphatic carboxylic acids is 1. The van der Waals surface area contributed by atoms with Gasteiger partial charge in [0.25, 0.3) is 0 Å². The summed E-state index contributed by atoms with van der Waals surface area (Å²) in [5, 5.41) is 8.66. The van der Waals surface area contributed by atoms with Crippen molar-refractivity contribution in [2.24, 2.45) is 0 Å². The third-order valence-corrected chi connectivity index (χ3v) is 3.88. The molecule has 0 aliphatic carbocycles. The number of nitrogens with zero attached hydrogens (tertiary/aromatic N) is 1. The minimum atomic E-state index is -0.734. The van der Waals surface area contributed by atoms with Gasteiger partial charge in [-0.1, -0.05) is 12.1 Å². The molecule has 0 bridgehead atoms. The monoisotopic (exact) mass is 265 g/mol. The normalized spacial score (nSPS) is 23.7. The highest BCUT2D eigenvalue weighted by Gasteiger charge is 2.29. The number of benzene rings is 1. The van der Waals surface area contributed by atoms with Gasteiger partial charge in [0, 0.05) is 19.0 Å². The van der Waals surface area contributed by atoms with Gasteiger partial charge in [0.2, 0.25) is 0 Å². The zero-order valence-electron chi connectivity index (χ0n) is 11.2. The molecule has 0 radical (unpaired) electrons. The molecule has 1 aromatic rings. The van der Waals surface area contributed by atoms with E-state index in [1.54, 1.807) is 0 Å². The van der Waals surface area contributed by atoms with Crippen LogP contribution < -0.4 is 0 Å². The second-order valence-corrected chi connectivity index (χ2v) is 5.33. The number of hydrogen-bond acceptors (Lipinski definition) is 2. The Kier molecular flexibility index (Phi) is 4.53. The van der Waals surface area contributed by atoms with Crippen LogP contribution >= 0.6 is 0 Å². The minimum Gasteiger partial charge on any atom is -0.481 e. The fraction of sp³-hybridized carbons (Fsp3) is 0.533. The van der Waals surface area contributed by atoms with E-state index in [9.17, 15) is 9.18 Å². The number of carboxylic acids is 1. The van der Waals surface area contributed by atoms with Crippen LogP contribution in [0.3, 0.4) is 0 Å². The van der Waals surface area contributed by atoms with Gasteiger partial charge in [-0.05, 0) is 49.9 Å². The van der Waals surface area contributed by atoms with Gasteiger partial charge >= 0.3 is 5.97 Å². The summed E-state index contributed by atoms with van der Waals surface area (Å²) in [5.41, 5.74) is 1.17. The van der Waals surface area contributed by atoms with E-state index in [0.29, 0.717) is 18.4 Å². The van der Waals surface area contributed by atoms with Crippen LogP contribution in [0.4, 0.5) is 4.39 Å². The maximum absolute atomic E-state index is 12.9. The maximum Gasteiger partial charge on any atom is 0.303 e. The van der Waals surface area contributed by atoms with Crippen molar-refractivity contribution in [1.82, 2.24) is 4.90 Å². The van der Waals surface area contributed by atoms with E-state index in [2.05, 4.69) is 11.8 Å². The van der Waals surface area contributed by atoms with E-state index < -0.39 is 5.97 Å². The van der Waals surface area contributed by atoms with Crippen molar-refractivity contribution >= 4 is 5.97 Å². The average molecular weight is 265 g/mol. The van der Waals surface area contributed by atoms with E-state index in [-0.39, 0.29) is 12.2 Å². The van der Waals surface area contributed by atoms with Crippen LogP contribution in [0.15, 0.2) is 24.3 Å². The molecule has 1 fully saturated rings. The maximum atomic E-state index is 12.9. The molecule has 1 aliphatic rings. The van der Waals surface area contributed by atoms with Gasteiger partial charge in [-0.25, -0.2) is 4.39 Å². The summed E-state index contributed by atoms with van der Waals surface area (Å²) in [6.45, 7) is 3.93. The molecule has 2 rings (SSSR count). The Hall–Kier alpha value is -1.42. The molecule has 1 aromatic carbocycles. The molecule has 0 saturated carbocycles. The summed E-state index contributed by atoms with van der Waals surface area (Å²) in [7, 11) is 0. The van der Waals surface area contributed by atoms with Gasteiger partial charge in [-0.2, -0.15) is 0 Å². The van der Waals surface area contributed by atoms with E-state index in [0.717, 1.165) is 19.5 Å². The van der Waals surface area contributed by atoms with Crippen molar-refractivity contribution < 1.29 is 14.3 Å². The molecule has 0 unspecified atom stereocenters. The summed E-state index contributed by atoms with van der Waals surface area (Å²) in [6.07, 6.45) is 1.97. The number of rotatable bonds is 5. The van der Waals surface area contributed by atoms with Crippen LogP contribution in [0.2, 0.25) is 0 Å². The van der Waals surface area contributed by atoms with Crippen molar-refractivity contribution in [2.45, 2.75) is 38.1 Å². The lowest BCUT2D eigenvalue weighted by Crippen LogP contribution is -2.28. The lowest BCUT2D eigenvalue weighted by atomic mass is 9.97. The van der Waals surface area contributed by atoms with Crippen LogP contribution in [-0.2, 0) is 4.79 Å². The molecular formula is C15H20FNO2. The number of likely N-dealkylation sites (tertiary alicyclic amines) is 1. The van der Waals surface area contributed by atoms with Crippen molar-refractivity contribution in [2.75, 3.05) is 13.1 Å². The van der Waals surface area contributed by atoms with Crippen molar-refractivity contribution in [3.8, 4) is 0 Å². The standard InChI is InChI=1S/C15H20FNO2/c1-11-9-13(12-4-6-14(16)7-5-12)10-17(11)8-2-3-15(18)19/h4-7,11,13H,2-3,8-10H2,1H3,(H,18,19)/t11-,13+/m0/s1. The summed E-state index contributed by atoms with van der Waals surface area (Å²) in [4.78, 5) is 12.8. The van der Waals surface area contributed by atoms with Crippen molar-refractivity contribution in [1.29, 1.82) is 0 Å². The quantitative estimate of drug-likeness (QED) is 0.890. The molecule has 3 nitrogen and oxygen atoms in total. The number of hydrogen-bond donors (Lipinski definition) is 1. The SMILES string of the molecule is C[C@H]1C[C@@H](c2ccc(F)cc2)CN1CCCC(=O)O. The lowest BCUT2D eigenvalue weighted by molar-refractivity contribution is -0.137. The average Bonchev–Trinajstić information content (AvgIpc) is 2.71. The number of carboxylic acid groups (broad SMARTS) is 1. The van der Waals surface area contributed by atoms with E-state index >= 15 is 0 Å². The second kappa shape index (κ2) is 6.15. The highest BCUT2D eigenvalue weighted by molar-refractivity contribution is 5.66. The molecule has 0 spiro atoms. The van der Waals surface area contributed by atoms with Crippen molar-refractivity contribution in [3.63, 3.8) is 0 Å². The van der Waals surface area contributed by atoms with Gasteiger partial charge in [-0.3, -0.25) is 4.79 Å². The minimum absolute atomic E-state index is 0.201. The Morgan fingerprint density at radius 3 is 2.74 bits per heavy atom. The predicted octanol–water partition coefficient (Wildman–Crippen LogP) is 2.87. The second-order valence-electron chi connectivity index (χ2n) is 5.33. The molecule has 4 heteroatoms. The molecule has 1 saturated heterocycles.